The van der Waals surface area contributed by atoms with E-state index in [4.69, 9.17) is 4.74 Å². The third-order valence-electron chi connectivity index (χ3n) is 4.63. The van der Waals surface area contributed by atoms with Crippen LogP contribution in [0.4, 0.5) is 0 Å². The molecule has 1 spiro atoms. The number of hydrogen-bond acceptors (Lipinski definition) is 5. The van der Waals surface area contributed by atoms with Crippen LogP contribution in [0.15, 0.2) is 18.5 Å². The summed E-state index contributed by atoms with van der Waals surface area (Å²) >= 11 is 0. The lowest BCUT2D eigenvalue weighted by atomic mass is 9.82. The number of ether oxygens (including phenoxy) is 1. The Morgan fingerprint density at radius 1 is 1.36 bits per heavy atom. The lowest BCUT2D eigenvalue weighted by Gasteiger charge is -2.32. The molecule has 0 bridgehead atoms. The molecule has 1 amide bonds. The lowest BCUT2D eigenvalue weighted by molar-refractivity contribution is -0.0246. The summed E-state index contributed by atoms with van der Waals surface area (Å²) in [6, 6.07) is 1.80. The van der Waals surface area contributed by atoms with E-state index < -0.39 is 0 Å². The zero-order chi connectivity index (χ0) is 15.0. The van der Waals surface area contributed by atoms with Crippen molar-refractivity contribution in [3.05, 3.63) is 24.3 Å². The Balaban J connectivity index is 1.44. The Morgan fingerprint density at radius 3 is 3.05 bits per heavy atom. The number of carbonyl (C=O) groups is 1. The number of hydrogen-bond donors (Lipinski definition) is 1. The van der Waals surface area contributed by atoms with Gasteiger partial charge in [0.25, 0.3) is 11.7 Å². The van der Waals surface area contributed by atoms with Gasteiger partial charge in [-0.2, -0.15) is 4.98 Å². The first-order valence-corrected chi connectivity index (χ1v) is 7.86. The third kappa shape index (κ3) is 2.45. The molecule has 22 heavy (non-hydrogen) atoms. The fourth-order valence-electron chi connectivity index (χ4n) is 3.56. The van der Waals surface area contributed by atoms with E-state index in [1.54, 1.807) is 18.5 Å². The molecule has 1 saturated carbocycles. The molecule has 2 fully saturated rings. The summed E-state index contributed by atoms with van der Waals surface area (Å²) in [5.41, 5.74) is -0.00983. The van der Waals surface area contributed by atoms with Gasteiger partial charge in [-0.25, -0.2) is 9.50 Å². The van der Waals surface area contributed by atoms with Crippen molar-refractivity contribution >= 4 is 11.7 Å². The largest absolute Gasteiger partial charge is 0.373 e. The summed E-state index contributed by atoms with van der Waals surface area (Å²) in [6.45, 7) is 0.581. The maximum atomic E-state index is 12.3. The molecule has 3 heterocycles. The highest BCUT2D eigenvalue weighted by Crippen LogP contribution is 2.39. The van der Waals surface area contributed by atoms with Gasteiger partial charge in [-0.15, -0.1) is 5.10 Å². The van der Waals surface area contributed by atoms with Crippen molar-refractivity contribution < 1.29 is 9.53 Å². The highest BCUT2D eigenvalue weighted by atomic mass is 16.5. The molecule has 2 aromatic rings. The van der Waals surface area contributed by atoms with Gasteiger partial charge in [-0.1, -0.05) is 19.3 Å². The fourth-order valence-corrected chi connectivity index (χ4v) is 3.56. The van der Waals surface area contributed by atoms with E-state index in [1.165, 1.54) is 23.8 Å². The Morgan fingerprint density at radius 2 is 2.23 bits per heavy atom. The van der Waals surface area contributed by atoms with Crippen LogP contribution < -0.4 is 5.32 Å². The minimum atomic E-state index is -0.257. The van der Waals surface area contributed by atoms with E-state index >= 15 is 0 Å². The second kappa shape index (κ2) is 5.31. The quantitative estimate of drug-likeness (QED) is 0.905. The molecule has 0 unspecified atom stereocenters. The predicted octanol–water partition coefficient (Wildman–Crippen LogP) is 1.35. The topological polar surface area (TPSA) is 81.4 Å². The lowest BCUT2D eigenvalue weighted by Crippen LogP contribution is -2.37. The minimum Gasteiger partial charge on any atom is -0.373 e. The maximum Gasteiger partial charge on any atom is 0.291 e. The van der Waals surface area contributed by atoms with Crippen LogP contribution in [0, 0.1) is 0 Å². The highest BCUT2D eigenvalue weighted by Gasteiger charge is 2.41. The van der Waals surface area contributed by atoms with E-state index in [1.807, 2.05) is 0 Å². The smallest absolute Gasteiger partial charge is 0.291 e. The number of amides is 1. The van der Waals surface area contributed by atoms with Crippen LogP contribution in [0.2, 0.25) is 0 Å². The average Bonchev–Trinajstić information content (AvgIpc) is 3.13. The highest BCUT2D eigenvalue weighted by molar-refractivity contribution is 5.91. The average molecular weight is 301 g/mol. The van der Waals surface area contributed by atoms with Crippen LogP contribution in [0.25, 0.3) is 5.78 Å². The first-order valence-electron chi connectivity index (χ1n) is 7.86. The summed E-state index contributed by atoms with van der Waals surface area (Å²) in [4.78, 5) is 20.5. The van der Waals surface area contributed by atoms with Gasteiger partial charge >= 0.3 is 0 Å². The molecule has 1 N–H and O–H groups in total. The van der Waals surface area contributed by atoms with Gasteiger partial charge < -0.3 is 10.1 Å². The van der Waals surface area contributed by atoms with Gasteiger partial charge in [-0.3, -0.25) is 4.79 Å². The molecule has 4 rings (SSSR count). The molecular weight excluding hydrogens is 282 g/mol. The van der Waals surface area contributed by atoms with E-state index in [-0.39, 0.29) is 23.4 Å². The van der Waals surface area contributed by atoms with Crippen LogP contribution in [-0.2, 0) is 4.74 Å². The molecule has 7 nitrogen and oxygen atoms in total. The molecule has 1 aliphatic carbocycles. The minimum absolute atomic E-state index is 0.00983. The zero-order valence-electron chi connectivity index (χ0n) is 12.4. The summed E-state index contributed by atoms with van der Waals surface area (Å²) in [5.74, 6) is 0.328. The Bertz CT molecular complexity index is 659. The number of aromatic nitrogens is 4. The van der Waals surface area contributed by atoms with Crippen molar-refractivity contribution in [1.29, 1.82) is 0 Å². The monoisotopic (exact) mass is 301 g/mol. The number of nitrogens with zero attached hydrogens (tertiary/aromatic N) is 4. The molecule has 2 aromatic heterocycles. The molecule has 0 aromatic carbocycles. The SMILES string of the molecule is O=C(N[C@H]1COC2(CCCCC2)C1)c1nc2ncccn2n1. The molecule has 1 saturated heterocycles. The van der Waals surface area contributed by atoms with E-state index in [2.05, 4.69) is 20.4 Å². The van der Waals surface area contributed by atoms with Gasteiger partial charge in [-0.05, 0) is 25.3 Å². The third-order valence-corrected chi connectivity index (χ3v) is 4.63. The van der Waals surface area contributed by atoms with Crippen LogP contribution in [0.3, 0.4) is 0 Å². The molecule has 7 heteroatoms. The number of fused-ring (bicyclic) bond motifs is 1. The molecule has 1 atom stereocenters. The second-order valence-corrected chi connectivity index (χ2v) is 6.23. The van der Waals surface area contributed by atoms with Gasteiger partial charge in [0, 0.05) is 12.4 Å². The molecule has 0 radical (unpaired) electrons. The van der Waals surface area contributed by atoms with E-state index in [9.17, 15) is 4.79 Å². The summed E-state index contributed by atoms with van der Waals surface area (Å²) in [5, 5.41) is 7.15. The zero-order valence-corrected chi connectivity index (χ0v) is 12.4. The molecular formula is C15H19N5O2. The van der Waals surface area contributed by atoms with E-state index in [0.29, 0.717) is 12.4 Å². The molecule has 2 aliphatic rings. The first kappa shape index (κ1) is 13.6. The second-order valence-electron chi connectivity index (χ2n) is 6.23. The molecule has 1 aliphatic heterocycles. The van der Waals surface area contributed by atoms with Gasteiger partial charge in [0.1, 0.15) is 0 Å². The number of rotatable bonds is 2. The maximum absolute atomic E-state index is 12.3. The van der Waals surface area contributed by atoms with E-state index in [0.717, 1.165) is 19.3 Å². The first-order chi connectivity index (χ1) is 10.7. The Hall–Kier alpha value is -2.02. The normalized spacial score (nSPS) is 23.9. The van der Waals surface area contributed by atoms with Gasteiger partial charge in [0.15, 0.2) is 0 Å². The standard InChI is InChI=1S/C15H19N5O2/c21-13(12-18-14-16-7-4-8-20(14)19-12)17-11-9-15(22-10-11)5-2-1-3-6-15/h4,7-8,11H,1-3,5-6,9-10H2,(H,17,21)/t11-/m1/s1. The van der Waals surface area contributed by atoms with Crippen LogP contribution in [-0.4, -0.2) is 43.7 Å². The Labute approximate surface area is 128 Å². The van der Waals surface area contributed by atoms with Crippen molar-refractivity contribution in [3.63, 3.8) is 0 Å². The fraction of sp³-hybridized carbons (Fsp3) is 0.600. The summed E-state index contributed by atoms with van der Waals surface area (Å²) < 4.78 is 7.52. The van der Waals surface area contributed by atoms with Gasteiger partial charge in [0.05, 0.1) is 18.2 Å². The van der Waals surface area contributed by atoms with Crippen molar-refractivity contribution in [2.24, 2.45) is 0 Å². The van der Waals surface area contributed by atoms with Crippen LogP contribution in [0.5, 0.6) is 0 Å². The van der Waals surface area contributed by atoms with Crippen LogP contribution in [0.1, 0.15) is 49.1 Å². The molecule has 116 valence electrons. The summed E-state index contributed by atoms with van der Waals surface area (Å²) in [7, 11) is 0. The van der Waals surface area contributed by atoms with Gasteiger partial charge in [0.2, 0.25) is 5.82 Å². The summed E-state index contributed by atoms with van der Waals surface area (Å²) in [6.07, 6.45) is 10.2. The number of carbonyl (C=O) groups excluding carboxylic acids is 1. The van der Waals surface area contributed by atoms with Crippen molar-refractivity contribution in [3.8, 4) is 0 Å². The Kier molecular flexibility index (Phi) is 3.29. The predicted molar refractivity (Wildman–Crippen MR) is 78.4 cm³/mol. The number of nitrogens with one attached hydrogen (secondary N) is 1. The van der Waals surface area contributed by atoms with Crippen molar-refractivity contribution in [1.82, 2.24) is 24.9 Å². The van der Waals surface area contributed by atoms with Crippen LogP contribution >= 0.6 is 0 Å². The van der Waals surface area contributed by atoms with Crippen molar-refractivity contribution in [2.45, 2.75) is 50.2 Å². The van der Waals surface area contributed by atoms with Crippen molar-refractivity contribution in [2.75, 3.05) is 6.61 Å².